The summed E-state index contributed by atoms with van der Waals surface area (Å²) in [5.74, 6) is 0.847. The lowest BCUT2D eigenvalue weighted by molar-refractivity contribution is 0.618. The molecule has 0 spiro atoms. The van der Waals surface area contributed by atoms with Crippen molar-refractivity contribution in [3.05, 3.63) is 0 Å². The molecule has 2 N–H and O–H groups in total. The minimum atomic E-state index is -0.857. The fraction of sp³-hybridized carbons (Fsp3) is 1.00. The first-order chi connectivity index (χ1) is 6.54. The molecule has 0 aliphatic carbocycles. The highest BCUT2D eigenvalue weighted by Gasteiger charge is 2.37. The zero-order valence-corrected chi connectivity index (χ0v) is 16.8. The lowest BCUT2D eigenvalue weighted by Crippen LogP contribution is -2.71. The molecule has 0 amide bonds. The summed E-state index contributed by atoms with van der Waals surface area (Å²) in [6.45, 7) is 10.7. The van der Waals surface area contributed by atoms with E-state index in [1.807, 2.05) is 0 Å². The van der Waals surface area contributed by atoms with Crippen molar-refractivity contribution in [1.82, 2.24) is 9.96 Å². The summed E-state index contributed by atoms with van der Waals surface area (Å²) in [4.78, 5) is 8.08. The van der Waals surface area contributed by atoms with Crippen LogP contribution in [0, 0.1) is 5.92 Å². The predicted molar refractivity (Wildman–Crippen MR) is 81.0 cm³/mol. The third-order valence-electron chi connectivity index (χ3n) is 2.87. The van der Waals surface area contributed by atoms with E-state index in [9.17, 15) is 0 Å². The van der Waals surface area contributed by atoms with Gasteiger partial charge in [-0.25, -0.2) is 0 Å². The quantitative estimate of drug-likeness (QED) is 0.528. The van der Waals surface area contributed by atoms with Crippen molar-refractivity contribution < 1.29 is 0 Å². The molecule has 1 heterocycles. The van der Waals surface area contributed by atoms with E-state index in [0.29, 0.717) is 34.2 Å². The molecule has 0 unspecified atom stereocenters. The van der Waals surface area contributed by atoms with Crippen LogP contribution in [0.15, 0.2) is 0 Å². The van der Waals surface area contributed by atoms with Gasteiger partial charge >= 0.3 is 0 Å². The molecule has 1 fully saturated rings. The van der Waals surface area contributed by atoms with Crippen LogP contribution in [-0.2, 0) is 0 Å². The molecule has 0 aromatic heterocycles. The van der Waals surface area contributed by atoms with E-state index in [1.165, 1.54) is 6.54 Å². The van der Waals surface area contributed by atoms with E-state index < -0.39 is 7.43 Å². The van der Waals surface area contributed by atoms with Crippen molar-refractivity contribution in [2.24, 2.45) is 5.92 Å². The second kappa shape index (κ2) is 5.92. The van der Waals surface area contributed by atoms with Crippen LogP contribution in [0.3, 0.4) is 0 Å². The summed E-state index contributed by atoms with van der Waals surface area (Å²) in [6.07, 6.45) is 0. The van der Waals surface area contributed by atoms with Gasteiger partial charge in [-0.15, -0.1) is 0 Å². The first kappa shape index (κ1) is 13.1. The number of hydrogen-bond acceptors (Lipinski definition) is 2. The summed E-state index contributed by atoms with van der Waals surface area (Å²) in [5.41, 5.74) is 0. The Bertz CT molecular complexity index is 169. The summed E-state index contributed by atoms with van der Waals surface area (Å²) in [6, 6.07) is 0.752. The van der Waals surface area contributed by atoms with Gasteiger partial charge in [0.15, 0.2) is 7.43 Å². The van der Waals surface area contributed by atoms with E-state index >= 15 is 0 Å². The van der Waals surface area contributed by atoms with Crippen molar-refractivity contribution >= 4 is 41.7 Å². The van der Waals surface area contributed by atoms with Crippen LogP contribution in [0.2, 0.25) is 0 Å². The molecule has 0 aromatic rings. The van der Waals surface area contributed by atoms with Gasteiger partial charge in [-0.05, 0) is 35.6 Å². The molecule has 1 aliphatic heterocycles. The number of rotatable bonds is 5. The molecule has 1 saturated heterocycles. The van der Waals surface area contributed by atoms with Gasteiger partial charge in [0.2, 0.25) is 0 Å². The molecule has 7 heteroatoms. The minimum absolute atomic E-state index is 0.444. The summed E-state index contributed by atoms with van der Waals surface area (Å²) >= 11 is 0. The van der Waals surface area contributed by atoms with Gasteiger partial charge in [0.05, 0.1) is 0 Å². The maximum absolute atomic E-state index is 4.05. The fourth-order valence-corrected chi connectivity index (χ4v) is 196. The Morgan fingerprint density at radius 3 is 2.07 bits per heavy atom. The number of hydrogen-bond donors (Lipinski definition) is 2. The largest absolute Gasteiger partial charge is 0.331 e. The Morgan fingerprint density at radius 1 is 1.07 bits per heavy atom. The van der Waals surface area contributed by atoms with E-state index in [-0.39, 0.29) is 0 Å². The van der Waals surface area contributed by atoms with Gasteiger partial charge in [-0.3, -0.25) is 0 Å². The molecule has 2 nitrogen and oxygen atoms in total. The van der Waals surface area contributed by atoms with Gasteiger partial charge in [0.1, 0.15) is 0 Å². The smallest absolute Gasteiger partial charge is 0.152 e. The second-order valence-electron chi connectivity index (χ2n) is 5.36. The van der Waals surface area contributed by atoms with Crippen molar-refractivity contribution in [2.75, 3.05) is 6.54 Å². The summed E-state index contributed by atoms with van der Waals surface area (Å²) < 4.78 is 0. The highest BCUT2D eigenvalue weighted by atomic mass is 30.1. The van der Waals surface area contributed by atoms with Crippen molar-refractivity contribution in [3.63, 3.8) is 0 Å². The molecule has 1 aliphatic rings. The van der Waals surface area contributed by atoms with Gasteiger partial charge in [-0.1, -0.05) is 27.7 Å². The van der Waals surface area contributed by atoms with Gasteiger partial charge in [-0.2, -0.15) is 0 Å². The van der Waals surface area contributed by atoms with E-state index in [1.54, 1.807) is 0 Å². The molecular weight excluding hydrogens is 253 g/mol. The Labute approximate surface area is 97.8 Å². The molecule has 0 aromatic carbocycles. The van der Waals surface area contributed by atoms with Crippen molar-refractivity contribution in [1.29, 1.82) is 0 Å². The standard InChI is InChI=1S/C7H26N2Si5/c1-6(2)5-8-14(9-7(3)4)12-10-11-13-14/h6-9H,5,10-13H2,1-4H3. The molecule has 0 saturated carbocycles. The monoisotopic (exact) mass is 278 g/mol. The molecular formula is C7H26N2Si5. The average molecular weight is 279 g/mol. The van der Waals surface area contributed by atoms with Crippen LogP contribution in [0.1, 0.15) is 27.7 Å². The van der Waals surface area contributed by atoms with Gasteiger partial charge in [0, 0.05) is 17.1 Å². The van der Waals surface area contributed by atoms with E-state index in [0.717, 1.165) is 12.0 Å². The van der Waals surface area contributed by atoms with Crippen molar-refractivity contribution in [3.8, 4) is 0 Å². The molecule has 1 rings (SSSR count). The van der Waals surface area contributed by atoms with Crippen LogP contribution in [-0.4, -0.2) is 54.2 Å². The topological polar surface area (TPSA) is 24.1 Å². The highest BCUT2D eigenvalue weighted by molar-refractivity contribution is 7.84. The van der Waals surface area contributed by atoms with Crippen LogP contribution < -0.4 is 9.96 Å². The Hall–Kier alpha value is 1.00. The summed E-state index contributed by atoms with van der Waals surface area (Å²) in [5, 5.41) is 0. The van der Waals surface area contributed by atoms with Crippen LogP contribution in [0.4, 0.5) is 0 Å². The molecule has 14 heavy (non-hydrogen) atoms. The average Bonchev–Trinajstić information content (AvgIpc) is 2.49. The minimum Gasteiger partial charge on any atom is -0.331 e. The van der Waals surface area contributed by atoms with Crippen LogP contribution in [0.25, 0.3) is 0 Å². The van der Waals surface area contributed by atoms with Gasteiger partial charge < -0.3 is 9.96 Å². The normalized spacial score (nSPS) is 34.7. The second-order valence-corrected chi connectivity index (χ2v) is 49.8. The molecule has 0 radical (unpaired) electrons. The molecule has 84 valence electrons. The SMILES string of the molecule is CC(C)CN[Si]1(NC(C)C)[SiH2][SiH2][SiH2][SiH2]1. The predicted octanol–water partition coefficient (Wildman–Crippen LogP) is -2.90. The number of nitrogens with one attached hydrogen (secondary N) is 2. The summed E-state index contributed by atoms with van der Waals surface area (Å²) in [7, 11) is 1.29. The maximum atomic E-state index is 4.05. The molecule has 0 bridgehead atoms. The third kappa shape index (κ3) is 4.25. The zero-order valence-electron chi connectivity index (χ0n) is 10.2. The maximum Gasteiger partial charge on any atom is 0.152 e. The molecule has 0 atom stereocenters. The fourth-order valence-electron chi connectivity index (χ4n) is 2.30. The van der Waals surface area contributed by atoms with E-state index in [4.69, 9.17) is 0 Å². The Morgan fingerprint density at radius 2 is 1.64 bits per heavy atom. The Balaban J connectivity index is 2.44. The zero-order chi connectivity index (χ0) is 10.6. The van der Waals surface area contributed by atoms with Crippen LogP contribution in [0.5, 0.6) is 0 Å². The lowest BCUT2D eigenvalue weighted by Gasteiger charge is -2.32. The third-order valence-corrected chi connectivity index (χ3v) is 97.2. The van der Waals surface area contributed by atoms with Crippen molar-refractivity contribution in [2.45, 2.75) is 33.7 Å². The first-order valence-electron chi connectivity index (χ1n) is 6.07. The first-order valence-corrected chi connectivity index (χ1v) is 24.7. The van der Waals surface area contributed by atoms with Gasteiger partial charge in [0.25, 0.3) is 0 Å². The highest BCUT2D eigenvalue weighted by Crippen LogP contribution is 1.99. The van der Waals surface area contributed by atoms with Crippen LogP contribution >= 0.6 is 0 Å². The van der Waals surface area contributed by atoms with E-state index in [2.05, 4.69) is 37.7 Å². The Kier molecular flexibility index (Phi) is 5.53. The lowest BCUT2D eigenvalue weighted by atomic mass is 10.2.